The second-order valence-electron chi connectivity index (χ2n) is 10.3. The van der Waals surface area contributed by atoms with Crippen LogP contribution in [-0.4, -0.2) is 12.6 Å². The van der Waals surface area contributed by atoms with Crippen LogP contribution >= 0.6 is 0 Å². The lowest BCUT2D eigenvalue weighted by atomic mass is 9.46. The van der Waals surface area contributed by atoms with Crippen molar-refractivity contribution in [2.24, 2.45) is 34.5 Å². The Morgan fingerprint density at radius 2 is 2.04 bits per heavy atom. The quantitative estimate of drug-likeness (QED) is 0.334. The number of esters is 1. The Morgan fingerprint density at radius 1 is 1.31 bits per heavy atom. The fourth-order valence-electron chi connectivity index (χ4n) is 6.45. The predicted octanol–water partition coefficient (Wildman–Crippen LogP) is 6.32. The molecule has 0 aromatic carbocycles. The molecule has 0 heterocycles. The first kappa shape index (κ1) is 19.7. The van der Waals surface area contributed by atoms with Gasteiger partial charge in [0.15, 0.2) is 0 Å². The highest BCUT2D eigenvalue weighted by Gasteiger charge is 2.55. The average molecular weight is 359 g/mol. The van der Waals surface area contributed by atoms with E-state index in [1.807, 2.05) is 0 Å². The Bertz CT molecular complexity index is 601. The maximum absolute atomic E-state index is 12.0. The summed E-state index contributed by atoms with van der Waals surface area (Å²) in [5.41, 5.74) is 2.71. The van der Waals surface area contributed by atoms with Crippen LogP contribution in [0.25, 0.3) is 0 Å². The van der Waals surface area contributed by atoms with Crippen LogP contribution in [0.1, 0.15) is 79.6 Å². The van der Waals surface area contributed by atoms with Crippen LogP contribution in [0.3, 0.4) is 0 Å². The van der Waals surface area contributed by atoms with Crippen LogP contribution in [0, 0.1) is 34.5 Å². The van der Waals surface area contributed by atoms with E-state index in [1.54, 1.807) is 12.5 Å². The minimum atomic E-state index is -0.233. The maximum Gasteiger partial charge on any atom is 0.333 e. The van der Waals surface area contributed by atoms with Crippen molar-refractivity contribution in [1.82, 2.24) is 0 Å². The first-order chi connectivity index (χ1) is 12.2. The van der Waals surface area contributed by atoms with Gasteiger partial charge in [0, 0.05) is 11.0 Å². The van der Waals surface area contributed by atoms with Crippen molar-refractivity contribution < 1.29 is 9.53 Å². The second-order valence-corrected chi connectivity index (χ2v) is 10.3. The number of carbonyl (C=O) groups excluding carboxylic acids is 1. The standard InChI is InChI=1S/C24H38O2/c1-16(2)18-8-10-20-19(14-18)9-11-21-23(5,12-7-13-24(20,21)6)15-26-22(25)17(3)4/h9,16,18,20-21H,3,7-8,10-15H2,1-2,4-6H3. The number of hydrogen-bond acceptors (Lipinski definition) is 2. The molecule has 146 valence electrons. The molecule has 2 fully saturated rings. The van der Waals surface area contributed by atoms with E-state index in [9.17, 15) is 4.79 Å². The second kappa shape index (κ2) is 7.17. The van der Waals surface area contributed by atoms with E-state index in [4.69, 9.17) is 4.74 Å². The highest BCUT2D eigenvalue weighted by atomic mass is 16.5. The molecule has 2 nitrogen and oxygen atoms in total. The van der Waals surface area contributed by atoms with E-state index in [0.29, 0.717) is 23.5 Å². The average Bonchev–Trinajstić information content (AvgIpc) is 2.59. The lowest BCUT2D eigenvalue weighted by molar-refractivity contribution is -0.149. The Balaban J connectivity index is 1.80. The third-order valence-corrected chi connectivity index (χ3v) is 8.11. The van der Waals surface area contributed by atoms with Gasteiger partial charge in [0.05, 0.1) is 6.61 Å². The summed E-state index contributed by atoms with van der Waals surface area (Å²) in [6.45, 7) is 15.7. The Hall–Kier alpha value is -1.05. The smallest absolute Gasteiger partial charge is 0.333 e. The van der Waals surface area contributed by atoms with E-state index in [0.717, 1.165) is 24.2 Å². The molecule has 2 heteroatoms. The van der Waals surface area contributed by atoms with Crippen LogP contribution < -0.4 is 0 Å². The van der Waals surface area contributed by atoms with Gasteiger partial charge >= 0.3 is 5.97 Å². The van der Waals surface area contributed by atoms with Gasteiger partial charge in [0.25, 0.3) is 0 Å². The van der Waals surface area contributed by atoms with Crippen LogP contribution in [-0.2, 0) is 9.53 Å². The zero-order valence-electron chi connectivity index (χ0n) is 17.6. The third kappa shape index (κ3) is 3.41. The van der Waals surface area contributed by atoms with Crippen LogP contribution in [0.4, 0.5) is 0 Å². The van der Waals surface area contributed by atoms with Gasteiger partial charge in [-0.15, -0.1) is 0 Å². The Kier molecular flexibility index (Phi) is 5.43. The zero-order valence-corrected chi connectivity index (χ0v) is 17.6. The summed E-state index contributed by atoms with van der Waals surface area (Å²) in [4.78, 5) is 12.0. The number of allylic oxidation sites excluding steroid dienone is 2. The van der Waals surface area contributed by atoms with E-state index >= 15 is 0 Å². The maximum atomic E-state index is 12.0. The van der Waals surface area contributed by atoms with Crippen molar-refractivity contribution in [2.75, 3.05) is 6.61 Å². The molecule has 0 amide bonds. The number of rotatable bonds is 4. The largest absolute Gasteiger partial charge is 0.462 e. The summed E-state index contributed by atoms with van der Waals surface area (Å²) in [7, 11) is 0. The van der Waals surface area contributed by atoms with Crippen LogP contribution in [0.15, 0.2) is 23.8 Å². The summed E-state index contributed by atoms with van der Waals surface area (Å²) in [6, 6.07) is 0. The Morgan fingerprint density at radius 3 is 2.69 bits per heavy atom. The zero-order chi connectivity index (χ0) is 19.1. The minimum absolute atomic E-state index is 0.0923. The van der Waals surface area contributed by atoms with Crippen molar-refractivity contribution in [3.8, 4) is 0 Å². The van der Waals surface area contributed by atoms with Crippen molar-refractivity contribution in [2.45, 2.75) is 79.6 Å². The van der Waals surface area contributed by atoms with Crippen molar-refractivity contribution >= 4 is 5.97 Å². The van der Waals surface area contributed by atoms with Gasteiger partial charge in [-0.2, -0.15) is 0 Å². The molecular formula is C24H38O2. The monoisotopic (exact) mass is 358 g/mol. The summed E-state index contributed by atoms with van der Waals surface area (Å²) >= 11 is 0. The molecule has 0 N–H and O–H groups in total. The molecule has 2 saturated carbocycles. The highest BCUT2D eigenvalue weighted by molar-refractivity contribution is 5.86. The first-order valence-electron chi connectivity index (χ1n) is 10.7. The number of ether oxygens (including phenoxy) is 1. The summed E-state index contributed by atoms with van der Waals surface area (Å²) in [5, 5.41) is 0. The third-order valence-electron chi connectivity index (χ3n) is 8.11. The van der Waals surface area contributed by atoms with Crippen LogP contribution in [0.5, 0.6) is 0 Å². The molecule has 0 spiro atoms. The molecule has 0 bridgehead atoms. The fraction of sp³-hybridized carbons (Fsp3) is 0.792. The normalized spacial score (nSPS) is 39.6. The summed E-state index contributed by atoms with van der Waals surface area (Å²) < 4.78 is 5.67. The number of hydrogen-bond donors (Lipinski definition) is 0. The Labute approximate surface area is 160 Å². The van der Waals surface area contributed by atoms with Gasteiger partial charge in [-0.3, -0.25) is 0 Å². The molecule has 0 aliphatic heterocycles. The van der Waals surface area contributed by atoms with Gasteiger partial charge in [-0.25, -0.2) is 4.79 Å². The van der Waals surface area contributed by atoms with Crippen molar-refractivity contribution in [1.29, 1.82) is 0 Å². The first-order valence-corrected chi connectivity index (χ1v) is 10.7. The molecule has 0 aromatic heterocycles. The van der Waals surface area contributed by atoms with Crippen LogP contribution in [0.2, 0.25) is 0 Å². The molecule has 26 heavy (non-hydrogen) atoms. The molecule has 5 unspecified atom stereocenters. The van der Waals surface area contributed by atoms with E-state index < -0.39 is 0 Å². The fourth-order valence-corrected chi connectivity index (χ4v) is 6.45. The molecule has 0 aromatic rings. The summed E-state index contributed by atoms with van der Waals surface area (Å²) in [6.07, 6.45) is 11.5. The van der Waals surface area contributed by atoms with Gasteiger partial charge < -0.3 is 4.74 Å². The minimum Gasteiger partial charge on any atom is -0.462 e. The van der Waals surface area contributed by atoms with E-state index in [2.05, 4.69) is 40.3 Å². The molecule has 3 rings (SSSR count). The van der Waals surface area contributed by atoms with Gasteiger partial charge in [0.1, 0.15) is 0 Å². The molecule has 0 saturated heterocycles. The number of carbonyl (C=O) groups is 1. The molecular weight excluding hydrogens is 320 g/mol. The van der Waals surface area contributed by atoms with E-state index in [1.165, 1.54) is 38.5 Å². The topological polar surface area (TPSA) is 26.3 Å². The lowest BCUT2D eigenvalue weighted by Gasteiger charge is -2.59. The molecule has 3 aliphatic carbocycles. The molecule has 3 aliphatic rings. The summed E-state index contributed by atoms with van der Waals surface area (Å²) in [5.74, 6) is 2.78. The predicted molar refractivity (Wildman–Crippen MR) is 108 cm³/mol. The van der Waals surface area contributed by atoms with E-state index in [-0.39, 0.29) is 11.4 Å². The highest BCUT2D eigenvalue weighted by Crippen LogP contribution is 2.62. The lowest BCUT2D eigenvalue weighted by Crippen LogP contribution is -2.52. The van der Waals surface area contributed by atoms with Gasteiger partial charge in [0.2, 0.25) is 0 Å². The van der Waals surface area contributed by atoms with Crippen molar-refractivity contribution in [3.05, 3.63) is 23.8 Å². The van der Waals surface area contributed by atoms with Gasteiger partial charge in [-0.1, -0.05) is 52.3 Å². The van der Waals surface area contributed by atoms with Gasteiger partial charge in [-0.05, 0) is 74.5 Å². The SMILES string of the molecule is C=C(C)C(=O)OCC1(C)CCCC2(C)C3CCC(C(C)C)CC3=CCC12. The van der Waals surface area contributed by atoms with Crippen molar-refractivity contribution in [3.63, 3.8) is 0 Å². The number of fused-ring (bicyclic) bond motifs is 3. The molecule has 5 atom stereocenters. The molecule has 0 radical (unpaired) electrons.